The van der Waals surface area contributed by atoms with Crippen LogP contribution in [0.4, 0.5) is 26.4 Å². The molecule has 160 valence electrons. The van der Waals surface area contributed by atoms with Gasteiger partial charge in [-0.05, 0) is 55.5 Å². The Morgan fingerprint density at radius 3 is 2.47 bits per heavy atom. The molecule has 0 atom stereocenters. The van der Waals surface area contributed by atoms with Gasteiger partial charge in [-0.3, -0.25) is 0 Å². The predicted octanol–water partition coefficient (Wildman–Crippen LogP) is 5.48. The Balaban J connectivity index is 1.50. The zero-order valence-electron chi connectivity index (χ0n) is 16.7. The average Bonchev–Trinajstić information content (AvgIpc) is 3.16. The highest BCUT2D eigenvalue weighted by molar-refractivity contribution is 7.21. The van der Waals surface area contributed by atoms with Gasteiger partial charge in [0.05, 0.1) is 23.4 Å². The van der Waals surface area contributed by atoms with E-state index < -0.39 is 12.0 Å². The highest BCUT2D eigenvalue weighted by Crippen LogP contribution is 2.45. The lowest BCUT2D eigenvalue weighted by Crippen LogP contribution is -2.34. The number of benzene rings is 2. The third-order valence-electron chi connectivity index (χ3n) is 4.72. The molecule has 0 spiro atoms. The molecule has 0 radical (unpaired) electrons. The van der Waals surface area contributed by atoms with E-state index in [4.69, 9.17) is 9.47 Å². The summed E-state index contributed by atoms with van der Waals surface area (Å²) in [5.41, 5.74) is 0.903. The fourth-order valence-electron chi connectivity index (χ4n) is 3.35. The Bertz CT molecular complexity index is 1340. The van der Waals surface area contributed by atoms with Gasteiger partial charge in [0.25, 0.3) is 0 Å². The summed E-state index contributed by atoms with van der Waals surface area (Å²) in [5.74, 6) is 0.507. The fourth-order valence-corrected chi connectivity index (χ4v) is 4.33. The molecule has 32 heavy (non-hydrogen) atoms. The van der Waals surface area contributed by atoms with E-state index in [1.807, 2.05) is 0 Å². The van der Waals surface area contributed by atoms with Crippen molar-refractivity contribution in [3.8, 4) is 11.5 Å². The van der Waals surface area contributed by atoms with Crippen LogP contribution in [0.15, 0.2) is 54.9 Å². The van der Waals surface area contributed by atoms with Gasteiger partial charge < -0.3 is 14.8 Å². The van der Waals surface area contributed by atoms with E-state index in [2.05, 4.69) is 15.3 Å². The Hall–Kier alpha value is -4.05. The van der Waals surface area contributed by atoms with Gasteiger partial charge in [0.2, 0.25) is 0 Å². The number of urea groups is 1. The predicted molar refractivity (Wildman–Crippen MR) is 117 cm³/mol. The molecular weight excluding hydrogens is 435 g/mol. The highest BCUT2D eigenvalue weighted by Gasteiger charge is 2.34. The number of thiophene rings is 1. The maximum atomic E-state index is 13.1. The summed E-state index contributed by atoms with van der Waals surface area (Å²) in [5, 5.41) is 3.35. The standard InChI is InChI=1S/C22H15FN4O4S/c1-2-30-21(28)18-17-16-19(24-11-25-20(16)32-18)27(22(29)26-17)13-5-9-15(10-6-13)31-14-7-3-12(23)4-8-14/h3-11H,2H2,1H3,(H,26,29). The lowest BCUT2D eigenvalue weighted by Gasteiger charge is -2.27. The minimum atomic E-state index is -0.521. The van der Waals surface area contributed by atoms with E-state index in [0.717, 1.165) is 11.3 Å². The quantitative estimate of drug-likeness (QED) is 0.405. The summed E-state index contributed by atoms with van der Waals surface area (Å²) in [6, 6.07) is 12.0. The van der Waals surface area contributed by atoms with Crippen LogP contribution in [0.25, 0.3) is 10.2 Å². The molecule has 0 saturated heterocycles. The lowest BCUT2D eigenvalue weighted by atomic mass is 10.2. The van der Waals surface area contributed by atoms with Crippen molar-refractivity contribution < 1.29 is 23.5 Å². The van der Waals surface area contributed by atoms with Gasteiger partial charge in [-0.25, -0.2) is 28.8 Å². The van der Waals surface area contributed by atoms with E-state index in [9.17, 15) is 14.0 Å². The number of nitrogens with zero attached hydrogens (tertiary/aromatic N) is 3. The molecule has 5 rings (SSSR count). The molecule has 0 bridgehead atoms. The first-order valence-corrected chi connectivity index (χ1v) is 10.5. The van der Waals surface area contributed by atoms with Crippen molar-refractivity contribution in [2.75, 3.05) is 16.8 Å². The molecular formula is C22H15FN4O4S. The van der Waals surface area contributed by atoms with Crippen molar-refractivity contribution in [1.29, 1.82) is 0 Å². The lowest BCUT2D eigenvalue weighted by molar-refractivity contribution is 0.0533. The second-order valence-electron chi connectivity index (χ2n) is 6.72. The molecule has 2 aromatic heterocycles. The first-order valence-electron chi connectivity index (χ1n) is 9.64. The van der Waals surface area contributed by atoms with Crippen molar-refractivity contribution in [2.45, 2.75) is 6.92 Å². The number of nitrogens with one attached hydrogen (secondary N) is 1. The van der Waals surface area contributed by atoms with Crippen LogP contribution in [-0.4, -0.2) is 28.6 Å². The molecule has 0 unspecified atom stereocenters. The molecule has 1 aliphatic rings. The molecule has 1 aliphatic heterocycles. The number of hydrogen-bond acceptors (Lipinski definition) is 7. The molecule has 10 heteroatoms. The minimum Gasteiger partial charge on any atom is -0.462 e. The van der Waals surface area contributed by atoms with Crippen LogP contribution in [0.5, 0.6) is 11.5 Å². The third-order valence-corrected chi connectivity index (χ3v) is 5.80. The molecule has 0 aliphatic carbocycles. The number of esters is 1. The minimum absolute atomic E-state index is 0.220. The molecule has 3 heterocycles. The Labute approximate surface area is 185 Å². The van der Waals surface area contributed by atoms with E-state index in [-0.39, 0.29) is 17.3 Å². The molecule has 1 N–H and O–H groups in total. The molecule has 0 fully saturated rings. The summed E-state index contributed by atoms with van der Waals surface area (Å²) in [6.45, 7) is 1.93. The number of anilines is 3. The van der Waals surface area contributed by atoms with Crippen LogP contribution < -0.4 is 15.0 Å². The van der Waals surface area contributed by atoms with Crippen molar-refractivity contribution in [1.82, 2.24) is 9.97 Å². The van der Waals surface area contributed by atoms with Crippen molar-refractivity contribution in [3.63, 3.8) is 0 Å². The molecule has 2 amide bonds. The second-order valence-corrected chi connectivity index (χ2v) is 7.72. The maximum absolute atomic E-state index is 13.1. The number of aromatic nitrogens is 2. The number of carbonyl (C=O) groups excluding carboxylic acids is 2. The fraction of sp³-hybridized carbons (Fsp3) is 0.0909. The second kappa shape index (κ2) is 7.89. The van der Waals surface area contributed by atoms with Crippen molar-refractivity contribution >= 4 is 50.7 Å². The zero-order valence-corrected chi connectivity index (χ0v) is 17.5. The summed E-state index contributed by atoms with van der Waals surface area (Å²) in [6.07, 6.45) is 1.35. The molecule has 4 aromatic rings. The first-order chi connectivity index (χ1) is 15.5. The number of ether oxygens (including phenoxy) is 2. The van der Waals surface area contributed by atoms with Gasteiger partial charge in [-0.1, -0.05) is 0 Å². The molecule has 8 nitrogen and oxygen atoms in total. The van der Waals surface area contributed by atoms with Crippen LogP contribution >= 0.6 is 11.3 Å². The topological polar surface area (TPSA) is 93.7 Å². The average molecular weight is 450 g/mol. The van der Waals surface area contributed by atoms with E-state index >= 15 is 0 Å². The Morgan fingerprint density at radius 2 is 1.78 bits per heavy atom. The SMILES string of the molecule is CCOC(=O)c1sc2ncnc3c2c1NC(=O)N3c1ccc(Oc2ccc(F)cc2)cc1. The summed E-state index contributed by atoms with van der Waals surface area (Å²) in [4.78, 5) is 36.1. The number of carbonyl (C=O) groups is 2. The molecule has 2 aromatic carbocycles. The van der Waals surface area contributed by atoms with Crippen LogP contribution in [0, 0.1) is 5.82 Å². The maximum Gasteiger partial charge on any atom is 0.350 e. The van der Waals surface area contributed by atoms with Gasteiger partial charge in [-0.15, -0.1) is 11.3 Å². The Morgan fingerprint density at radius 1 is 1.09 bits per heavy atom. The van der Waals surface area contributed by atoms with E-state index in [1.54, 1.807) is 31.2 Å². The third kappa shape index (κ3) is 3.40. The summed E-state index contributed by atoms with van der Waals surface area (Å²) >= 11 is 1.14. The summed E-state index contributed by atoms with van der Waals surface area (Å²) in [7, 11) is 0. The number of hydrogen-bond donors (Lipinski definition) is 1. The number of halogens is 1. The van der Waals surface area contributed by atoms with Gasteiger partial charge in [-0.2, -0.15) is 0 Å². The summed E-state index contributed by atoms with van der Waals surface area (Å²) < 4.78 is 23.9. The van der Waals surface area contributed by atoms with E-state index in [0.29, 0.717) is 38.9 Å². The van der Waals surface area contributed by atoms with Gasteiger partial charge >= 0.3 is 12.0 Å². The van der Waals surface area contributed by atoms with Crippen LogP contribution in [0.1, 0.15) is 16.6 Å². The Kier molecular flexibility index (Phi) is 4.91. The van der Waals surface area contributed by atoms with Gasteiger partial charge in [0, 0.05) is 0 Å². The van der Waals surface area contributed by atoms with Crippen molar-refractivity contribution in [2.24, 2.45) is 0 Å². The smallest absolute Gasteiger partial charge is 0.350 e. The van der Waals surface area contributed by atoms with Gasteiger partial charge in [0.1, 0.15) is 33.4 Å². The van der Waals surface area contributed by atoms with Crippen LogP contribution in [0.3, 0.4) is 0 Å². The number of rotatable bonds is 5. The van der Waals surface area contributed by atoms with Crippen molar-refractivity contribution in [3.05, 3.63) is 65.6 Å². The zero-order chi connectivity index (χ0) is 22.2. The first kappa shape index (κ1) is 19.9. The highest BCUT2D eigenvalue weighted by atomic mass is 32.1. The normalized spacial score (nSPS) is 12.6. The monoisotopic (exact) mass is 450 g/mol. The van der Waals surface area contributed by atoms with Crippen LogP contribution in [0.2, 0.25) is 0 Å². The van der Waals surface area contributed by atoms with E-state index in [1.165, 1.54) is 35.5 Å². The molecule has 0 saturated carbocycles. The van der Waals surface area contributed by atoms with Gasteiger partial charge in [0.15, 0.2) is 5.82 Å². The van der Waals surface area contributed by atoms with Crippen LogP contribution in [-0.2, 0) is 4.74 Å². The largest absolute Gasteiger partial charge is 0.462 e. The number of amides is 2.